The third-order valence-corrected chi connectivity index (χ3v) is 4.32. The largest absolute Gasteiger partial charge is 0.377 e. The van der Waals surface area contributed by atoms with Gasteiger partial charge in [0.25, 0.3) is 0 Å². The minimum atomic E-state index is 0.259. The van der Waals surface area contributed by atoms with E-state index < -0.39 is 0 Å². The van der Waals surface area contributed by atoms with E-state index in [-0.39, 0.29) is 6.04 Å². The Labute approximate surface area is 152 Å². The highest BCUT2D eigenvalue weighted by Gasteiger charge is 2.22. The number of aryl methyl sites for hydroxylation is 1. The van der Waals surface area contributed by atoms with Gasteiger partial charge in [-0.25, -0.2) is 9.67 Å². The molecule has 1 unspecified atom stereocenters. The van der Waals surface area contributed by atoms with Gasteiger partial charge in [-0.3, -0.25) is 4.99 Å². The molecular weight excluding hydrogens is 340 g/mol. The quantitative estimate of drug-likeness (QED) is 0.626. The van der Waals surface area contributed by atoms with Crippen molar-refractivity contribution in [2.24, 2.45) is 4.99 Å². The number of nitrogens with zero attached hydrogens (tertiary/aromatic N) is 4. The predicted molar refractivity (Wildman–Crippen MR) is 97.6 cm³/mol. The monoisotopic (exact) mass is 362 g/mol. The Morgan fingerprint density at radius 2 is 2.36 bits per heavy atom. The molecule has 8 heteroatoms. The number of aromatic nitrogens is 3. The zero-order chi connectivity index (χ0) is 17.6. The molecule has 1 atom stereocenters. The van der Waals surface area contributed by atoms with E-state index in [1.807, 2.05) is 28.9 Å². The van der Waals surface area contributed by atoms with Gasteiger partial charge in [0, 0.05) is 38.2 Å². The van der Waals surface area contributed by atoms with Crippen molar-refractivity contribution in [3.05, 3.63) is 46.5 Å². The van der Waals surface area contributed by atoms with Gasteiger partial charge in [0.2, 0.25) is 0 Å². The number of methoxy groups -OCH3 is 1. The van der Waals surface area contributed by atoms with E-state index in [9.17, 15) is 0 Å². The summed E-state index contributed by atoms with van der Waals surface area (Å²) < 4.78 is 7.06. The normalized spacial score (nSPS) is 17.2. The summed E-state index contributed by atoms with van der Waals surface area (Å²) in [5.74, 6) is 2.53. The lowest BCUT2D eigenvalue weighted by Crippen LogP contribution is -2.46. The van der Waals surface area contributed by atoms with Gasteiger partial charge in [-0.1, -0.05) is 23.7 Å². The number of ether oxygens (including phenoxy) is 1. The van der Waals surface area contributed by atoms with Crippen LogP contribution in [0.3, 0.4) is 0 Å². The molecule has 1 aromatic carbocycles. The Kier molecular flexibility index (Phi) is 5.88. The van der Waals surface area contributed by atoms with Gasteiger partial charge in [-0.15, -0.1) is 0 Å². The maximum Gasteiger partial charge on any atom is 0.191 e. The highest BCUT2D eigenvalue weighted by molar-refractivity contribution is 6.30. The summed E-state index contributed by atoms with van der Waals surface area (Å²) in [6, 6.07) is 8.05. The van der Waals surface area contributed by atoms with Crippen LogP contribution in [0.4, 0.5) is 0 Å². The number of nitrogens with one attached hydrogen (secondary N) is 2. The molecule has 2 aromatic rings. The topological polar surface area (TPSA) is 76.4 Å². The van der Waals surface area contributed by atoms with Crippen molar-refractivity contribution in [2.75, 3.05) is 14.2 Å². The van der Waals surface area contributed by atoms with Crippen LogP contribution >= 0.6 is 11.6 Å². The molecule has 25 heavy (non-hydrogen) atoms. The van der Waals surface area contributed by atoms with Gasteiger partial charge in [-0.2, -0.15) is 5.10 Å². The van der Waals surface area contributed by atoms with E-state index in [1.165, 1.54) is 0 Å². The fourth-order valence-electron chi connectivity index (χ4n) is 2.89. The molecule has 0 spiro atoms. The maximum absolute atomic E-state index is 6.02. The van der Waals surface area contributed by atoms with Crippen molar-refractivity contribution < 1.29 is 4.74 Å². The Morgan fingerprint density at radius 1 is 1.48 bits per heavy atom. The van der Waals surface area contributed by atoms with E-state index in [2.05, 4.69) is 25.7 Å². The van der Waals surface area contributed by atoms with Crippen molar-refractivity contribution in [3.63, 3.8) is 0 Å². The fourth-order valence-corrected chi connectivity index (χ4v) is 3.10. The van der Waals surface area contributed by atoms with Crippen LogP contribution in [0.15, 0.2) is 29.3 Å². The fraction of sp³-hybridized carbons (Fsp3) is 0.471. The van der Waals surface area contributed by atoms with Crippen LogP contribution in [-0.4, -0.2) is 40.9 Å². The van der Waals surface area contributed by atoms with Crippen molar-refractivity contribution in [3.8, 4) is 0 Å². The van der Waals surface area contributed by atoms with Crippen molar-refractivity contribution in [1.82, 2.24) is 25.4 Å². The molecule has 0 amide bonds. The Balaban J connectivity index is 1.55. The van der Waals surface area contributed by atoms with Crippen LogP contribution in [0.2, 0.25) is 5.02 Å². The molecule has 0 radical (unpaired) electrons. The first kappa shape index (κ1) is 17.7. The van der Waals surface area contributed by atoms with E-state index in [4.69, 9.17) is 16.3 Å². The molecule has 1 aromatic heterocycles. The standard InChI is InChI=1S/C17H23ClN6O/c1-19-17(20-9-12-4-3-5-13(18)8-12)21-14-6-7-16-22-15(11-25-2)23-24(16)10-14/h3-5,8,14H,6-7,9-11H2,1-2H3,(H2,19,20,21). The number of fused-ring (bicyclic) bond motifs is 1. The third kappa shape index (κ3) is 4.70. The zero-order valence-corrected chi connectivity index (χ0v) is 15.3. The summed E-state index contributed by atoms with van der Waals surface area (Å²) in [7, 11) is 3.42. The van der Waals surface area contributed by atoms with Gasteiger partial charge >= 0.3 is 0 Å². The first-order valence-corrected chi connectivity index (χ1v) is 8.69. The minimum absolute atomic E-state index is 0.259. The second-order valence-corrected chi connectivity index (χ2v) is 6.43. The summed E-state index contributed by atoms with van der Waals surface area (Å²) in [5, 5.41) is 12.0. The number of aliphatic imine (C=N–C) groups is 1. The van der Waals surface area contributed by atoms with Gasteiger partial charge in [0.1, 0.15) is 12.4 Å². The van der Waals surface area contributed by atoms with E-state index >= 15 is 0 Å². The first-order chi connectivity index (χ1) is 12.2. The molecule has 1 aliphatic rings. The first-order valence-electron chi connectivity index (χ1n) is 8.31. The van der Waals surface area contributed by atoms with E-state index in [0.29, 0.717) is 13.2 Å². The predicted octanol–water partition coefficient (Wildman–Crippen LogP) is 1.76. The average Bonchev–Trinajstić information content (AvgIpc) is 3.00. The average molecular weight is 363 g/mol. The molecule has 0 fully saturated rings. The molecule has 134 valence electrons. The van der Waals surface area contributed by atoms with Crippen LogP contribution in [0.25, 0.3) is 0 Å². The molecule has 0 saturated heterocycles. The number of halogens is 1. The lowest BCUT2D eigenvalue weighted by Gasteiger charge is -2.25. The lowest BCUT2D eigenvalue weighted by atomic mass is 10.1. The van der Waals surface area contributed by atoms with Gasteiger partial charge < -0.3 is 15.4 Å². The number of hydrogen-bond acceptors (Lipinski definition) is 4. The molecule has 3 rings (SSSR count). The Bertz CT molecular complexity index is 744. The van der Waals surface area contributed by atoms with Gasteiger partial charge in [0.05, 0.1) is 6.54 Å². The smallest absolute Gasteiger partial charge is 0.191 e. The molecule has 0 aliphatic carbocycles. The SMILES string of the molecule is CN=C(NCc1cccc(Cl)c1)NC1CCc2nc(COC)nn2C1. The Hall–Kier alpha value is -2.12. The highest BCUT2D eigenvalue weighted by atomic mass is 35.5. The molecule has 7 nitrogen and oxygen atoms in total. The molecule has 0 bridgehead atoms. The van der Waals surface area contributed by atoms with E-state index in [1.54, 1.807) is 14.2 Å². The molecule has 1 aliphatic heterocycles. The van der Waals surface area contributed by atoms with Crippen LogP contribution < -0.4 is 10.6 Å². The van der Waals surface area contributed by atoms with Crippen LogP contribution in [0.1, 0.15) is 23.6 Å². The number of guanidine groups is 1. The maximum atomic E-state index is 6.02. The van der Waals surface area contributed by atoms with E-state index in [0.717, 1.165) is 47.6 Å². The lowest BCUT2D eigenvalue weighted by molar-refractivity contribution is 0.177. The minimum Gasteiger partial charge on any atom is -0.377 e. The van der Waals surface area contributed by atoms with Gasteiger partial charge in [0.15, 0.2) is 11.8 Å². The number of rotatable bonds is 5. The summed E-state index contributed by atoms with van der Waals surface area (Å²) in [6.07, 6.45) is 1.88. The van der Waals surface area contributed by atoms with Crippen LogP contribution in [-0.2, 0) is 30.9 Å². The summed E-state index contributed by atoms with van der Waals surface area (Å²) >= 11 is 6.02. The van der Waals surface area contributed by atoms with Crippen molar-refractivity contribution >= 4 is 17.6 Å². The van der Waals surface area contributed by atoms with Crippen molar-refractivity contribution in [1.29, 1.82) is 0 Å². The van der Waals surface area contributed by atoms with Crippen LogP contribution in [0, 0.1) is 0 Å². The summed E-state index contributed by atoms with van der Waals surface area (Å²) in [5.41, 5.74) is 1.11. The summed E-state index contributed by atoms with van der Waals surface area (Å²) in [4.78, 5) is 8.81. The van der Waals surface area contributed by atoms with Crippen molar-refractivity contribution in [2.45, 2.75) is 38.6 Å². The number of benzene rings is 1. The zero-order valence-electron chi connectivity index (χ0n) is 14.5. The second-order valence-electron chi connectivity index (χ2n) is 6.00. The molecular formula is C17H23ClN6O. The Morgan fingerprint density at radius 3 is 3.12 bits per heavy atom. The summed E-state index contributed by atoms with van der Waals surface area (Å²) in [6.45, 7) is 1.88. The third-order valence-electron chi connectivity index (χ3n) is 4.09. The molecule has 2 N–H and O–H groups in total. The molecule has 0 saturated carbocycles. The highest BCUT2D eigenvalue weighted by Crippen LogP contribution is 2.14. The molecule has 2 heterocycles. The van der Waals surface area contributed by atoms with Crippen LogP contribution in [0.5, 0.6) is 0 Å². The second kappa shape index (κ2) is 8.31. The number of hydrogen-bond donors (Lipinski definition) is 2. The van der Waals surface area contributed by atoms with Gasteiger partial charge in [-0.05, 0) is 24.1 Å².